The Morgan fingerprint density at radius 3 is 2.91 bits per heavy atom. The average molecular weight is 154 g/mol. The van der Waals surface area contributed by atoms with Gasteiger partial charge < -0.3 is 15.8 Å². The first-order chi connectivity index (χ1) is 5.25. The largest absolute Gasteiger partial charge is 0.391 e. The minimum atomic E-state index is -0.450. The first-order valence-electron chi connectivity index (χ1n) is 3.82. The molecule has 0 saturated heterocycles. The van der Waals surface area contributed by atoms with Gasteiger partial charge in [-0.25, -0.2) is 0 Å². The summed E-state index contributed by atoms with van der Waals surface area (Å²) in [6, 6.07) is 3.47. The molecule has 11 heavy (non-hydrogen) atoms. The Bertz CT molecular complexity index is 196. The highest BCUT2D eigenvalue weighted by Gasteiger charge is 2.14. The Kier molecular flexibility index (Phi) is 2.68. The smallest absolute Gasteiger partial charge is 0.0744 e. The van der Waals surface area contributed by atoms with Crippen molar-refractivity contribution in [2.75, 3.05) is 0 Å². The van der Waals surface area contributed by atoms with Crippen LogP contribution in [0.3, 0.4) is 0 Å². The van der Waals surface area contributed by atoms with Crippen molar-refractivity contribution >= 4 is 0 Å². The van der Waals surface area contributed by atoms with Crippen LogP contribution in [0.15, 0.2) is 18.3 Å². The quantitative estimate of drug-likeness (QED) is 0.602. The first kappa shape index (κ1) is 8.30. The maximum atomic E-state index is 9.35. The van der Waals surface area contributed by atoms with Crippen LogP contribution in [-0.4, -0.2) is 16.2 Å². The molecule has 1 aromatic rings. The average Bonchev–Trinajstić information content (AvgIpc) is 2.53. The molecule has 3 heteroatoms. The molecule has 0 radical (unpaired) electrons. The van der Waals surface area contributed by atoms with Gasteiger partial charge in [0.25, 0.3) is 0 Å². The molecule has 1 heterocycles. The molecule has 0 bridgehead atoms. The number of rotatable bonds is 3. The van der Waals surface area contributed by atoms with Crippen LogP contribution >= 0.6 is 0 Å². The fraction of sp³-hybridized carbons (Fsp3) is 0.500. The third-order valence-electron chi connectivity index (χ3n) is 1.81. The van der Waals surface area contributed by atoms with Gasteiger partial charge in [0.15, 0.2) is 0 Å². The molecule has 2 unspecified atom stereocenters. The van der Waals surface area contributed by atoms with Gasteiger partial charge in [-0.2, -0.15) is 0 Å². The Hall–Kier alpha value is -0.800. The number of nitrogens with one attached hydrogen (secondary N) is 1. The normalized spacial score (nSPS) is 16.3. The molecule has 3 nitrogen and oxygen atoms in total. The molecule has 1 rings (SSSR count). The first-order valence-corrected chi connectivity index (χ1v) is 3.82. The predicted molar refractivity (Wildman–Crippen MR) is 44.0 cm³/mol. The molecule has 0 aliphatic carbocycles. The van der Waals surface area contributed by atoms with Crippen molar-refractivity contribution in [2.24, 2.45) is 5.73 Å². The number of aromatic amines is 1. The highest BCUT2D eigenvalue weighted by molar-refractivity contribution is 5.09. The van der Waals surface area contributed by atoms with Crippen molar-refractivity contribution in [3.8, 4) is 0 Å². The van der Waals surface area contributed by atoms with E-state index in [9.17, 15) is 5.11 Å². The van der Waals surface area contributed by atoms with Gasteiger partial charge in [0.05, 0.1) is 12.1 Å². The van der Waals surface area contributed by atoms with Crippen LogP contribution in [0.5, 0.6) is 0 Å². The van der Waals surface area contributed by atoms with Crippen LogP contribution < -0.4 is 5.73 Å². The summed E-state index contributed by atoms with van der Waals surface area (Å²) in [6.45, 7) is 1.91. The number of hydrogen-bond donors (Lipinski definition) is 3. The number of aliphatic hydroxyl groups excluding tert-OH is 1. The maximum absolute atomic E-state index is 9.35. The molecule has 0 saturated carbocycles. The maximum Gasteiger partial charge on any atom is 0.0744 e. The van der Waals surface area contributed by atoms with Gasteiger partial charge in [-0.3, -0.25) is 0 Å². The van der Waals surface area contributed by atoms with Crippen molar-refractivity contribution in [1.82, 2.24) is 4.98 Å². The van der Waals surface area contributed by atoms with Gasteiger partial charge >= 0.3 is 0 Å². The minimum Gasteiger partial charge on any atom is -0.391 e. The Labute approximate surface area is 66.2 Å². The fourth-order valence-corrected chi connectivity index (χ4v) is 1.01. The van der Waals surface area contributed by atoms with E-state index in [0.717, 1.165) is 5.69 Å². The lowest BCUT2D eigenvalue weighted by molar-refractivity contribution is 0.139. The summed E-state index contributed by atoms with van der Waals surface area (Å²) in [7, 11) is 0. The van der Waals surface area contributed by atoms with Crippen LogP contribution in [0.4, 0.5) is 0 Å². The number of hydrogen-bond acceptors (Lipinski definition) is 2. The fourth-order valence-electron chi connectivity index (χ4n) is 1.01. The molecule has 4 N–H and O–H groups in total. The van der Waals surface area contributed by atoms with E-state index in [1.54, 1.807) is 6.20 Å². The lowest BCUT2D eigenvalue weighted by atomic mass is 10.1. The Morgan fingerprint density at radius 1 is 1.73 bits per heavy atom. The van der Waals surface area contributed by atoms with E-state index in [2.05, 4.69) is 4.98 Å². The standard InChI is InChI=1S/C8H14N2O/c1-2-7(11)8(9)6-4-3-5-10-6/h3-5,7-8,10-11H,2,9H2,1H3. The van der Waals surface area contributed by atoms with Crippen LogP contribution in [0.1, 0.15) is 25.1 Å². The third kappa shape index (κ3) is 1.82. The van der Waals surface area contributed by atoms with Gasteiger partial charge in [-0.1, -0.05) is 6.92 Å². The summed E-state index contributed by atoms with van der Waals surface area (Å²) in [5.74, 6) is 0. The summed E-state index contributed by atoms with van der Waals surface area (Å²) >= 11 is 0. The topological polar surface area (TPSA) is 62.0 Å². The zero-order chi connectivity index (χ0) is 8.27. The Morgan fingerprint density at radius 2 is 2.45 bits per heavy atom. The Balaban J connectivity index is 2.62. The molecule has 0 aliphatic heterocycles. The number of aromatic nitrogens is 1. The number of H-pyrrole nitrogens is 1. The number of nitrogens with two attached hydrogens (primary N) is 1. The van der Waals surface area contributed by atoms with Crippen molar-refractivity contribution in [3.05, 3.63) is 24.0 Å². The molecule has 0 fully saturated rings. The molecular formula is C8H14N2O. The molecule has 0 spiro atoms. The summed E-state index contributed by atoms with van der Waals surface area (Å²) in [6.07, 6.45) is 2.03. The second-order valence-electron chi connectivity index (χ2n) is 2.63. The van der Waals surface area contributed by atoms with E-state index in [4.69, 9.17) is 5.73 Å². The van der Waals surface area contributed by atoms with Crippen LogP contribution in [0.2, 0.25) is 0 Å². The summed E-state index contributed by atoms with van der Waals surface area (Å²) < 4.78 is 0. The van der Waals surface area contributed by atoms with Gasteiger partial charge in [0.1, 0.15) is 0 Å². The van der Waals surface area contributed by atoms with Crippen LogP contribution in [-0.2, 0) is 0 Å². The van der Waals surface area contributed by atoms with E-state index in [1.165, 1.54) is 0 Å². The molecule has 0 aliphatic rings. The predicted octanol–water partition coefficient (Wildman–Crippen LogP) is 0.785. The summed E-state index contributed by atoms with van der Waals surface area (Å²) in [4.78, 5) is 2.97. The second-order valence-corrected chi connectivity index (χ2v) is 2.63. The van der Waals surface area contributed by atoms with Crippen molar-refractivity contribution in [3.63, 3.8) is 0 Å². The molecule has 1 aromatic heterocycles. The second kappa shape index (κ2) is 3.55. The van der Waals surface area contributed by atoms with E-state index in [0.29, 0.717) is 6.42 Å². The lowest BCUT2D eigenvalue weighted by Gasteiger charge is -2.15. The van der Waals surface area contributed by atoms with Crippen LogP contribution in [0.25, 0.3) is 0 Å². The van der Waals surface area contributed by atoms with E-state index in [1.807, 2.05) is 19.1 Å². The molecule has 0 amide bonds. The molecule has 0 aromatic carbocycles. The third-order valence-corrected chi connectivity index (χ3v) is 1.81. The van der Waals surface area contributed by atoms with Crippen molar-refractivity contribution in [1.29, 1.82) is 0 Å². The summed E-state index contributed by atoms with van der Waals surface area (Å²) in [5.41, 5.74) is 6.60. The van der Waals surface area contributed by atoms with E-state index in [-0.39, 0.29) is 6.04 Å². The van der Waals surface area contributed by atoms with Crippen molar-refractivity contribution in [2.45, 2.75) is 25.5 Å². The lowest BCUT2D eigenvalue weighted by Crippen LogP contribution is -2.25. The highest BCUT2D eigenvalue weighted by atomic mass is 16.3. The molecule has 62 valence electrons. The van der Waals surface area contributed by atoms with Gasteiger partial charge in [0.2, 0.25) is 0 Å². The van der Waals surface area contributed by atoms with Gasteiger partial charge in [-0.05, 0) is 18.6 Å². The molecule has 2 atom stereocenters. The highest BCUT2D eigenvalue weighted by Crippen LogP contribution is 2.13. The van der Waals surface area contributed by atoms with E-state index < -0.39 is 6.10 Å². The minimum absolute atomic E-state index is 0.282. The monoisotopic (exact) mass is 154 g/mol. The van der Waals surface area contributed by atoms with Gasteiger partial charge in [0, 0.05) is 11.9 Å². The van der Waals surface area contributed by atoms with Gasteiger partial charge in [-0.15, -0.1) is 0 Å². The zero-order valence-electron chi connectivity index (χ0n) is 6.62. The summed E-state index contributed by atoms with van der Waals surface area (Å²) in [5, 5.41) is 9.35. The van der Waals surface area contributed by atoms with Crippen LogP contribution in [0, 0.1) is 0 Å². The molecular weight excluding hydrogens is 140 g/mol. The SMILES string of the molecule is CCC(O)C(N)c1ccc[nH]1. The zero-order valence-corrected chi connectivity index (χ0v) is 6.62. The van der Waals surface area contributed by atoms with Crippen molar-refractivity contribution < 1.29 is 5.11 Å². The van der Waals surface area contributed by atoms with E-state index >= 15 is 0 Å². The number of aliphatic hydroxyl groups is 1.